The number of nitrogens with one attached hydrogen (secondary N) is 1. The second-order valence-electron chi connectivity index (χ2n) is 5.70. The first-order valence-electron chi connectivity index (χ1n) is 7.98. The molecule has 0 fully saturated rings. The zero-order valence-electron chi connectivity index (χ0n) is 13.4. The van der Waals surface area contributed by atoms with Crippen molar-refractivity contribution in [2.45, 2.75) is 32.6 Å². The zero-order valence-corrected chi connectivity index (χ0v) is 14.2. The predicted molar refractivity (Wildman–Crippen MR) is 93.2 cm³/mol. The number of carboxylic acids is 1. The summed E-state index contributed by atoms with van der Waals surface area (Å²) in [4.78, 5) is 24.7. The van der Waals surface area contributed by atoms with E-state index in [-0.39, 0.29) is 18.1 Å². The quantitative estimate of drug-likeness (QED) is 0.840. The van der Waals surface area contributed by atoms with Crippen molar-refractivity contribution in [3.8, 4) is 5.75 Å². The number of ether oxygens (including phenoxy) is 1. The number of thiophene rings is 1. The number of anilines is 1. The number of carbonyl (C=O) groups excluding carboxylic acids is 1. The fourth-order valence-electron chi connectivity index (χ4n) is 2.89. The number of hydrogen-bond acceptors (Lipinski definition) is 4. The molecule has 126 valence electrons. The number of aryl methyl sites for hydroxylation is 2. The molecule has 0 saturated carbocycles. The fourth-order valence-corrected chi connectivity index (χ4v) is 4.18. The Kier molecular flexibility index (Phi) is 4.85. The number of amides is 1. The van der Waals surface area contributed by atoms with Crippen molar-refractivity contribution in [2.75, 3.05) is 11.9 Å². The summed E-state index contributed by atoms with van der Waals surface area (Å²) in [6, 6.07) is 7.59. The van der Waals surface area contributed by atoms with Crippen molar-refractivity contribution in [3.63, 3.8) is 0 Å². The highest BCUT2D eigenvalue weighted by molar-refractivity contribution is 7.17. The van der Waals surface area contributed by atoms with E-state index in [4.69, 9.17) is 4.74 Å². The van der Waals surface area contributed by atoms with Crippen molar-refractivity contribution < 1.29 is 19.4 Å². The van der Waals surface area contributed by atoms with Gasteiger partial charge in [-0.25, -0.2) is 4.79 Å². The molecule has 0 radical (unpaired) electrons. The van der Waals surface area contributed by atoms with Crippen LogP contribution in [-0.4, -0.2) is 23.6 Å². The second-order valence-corrected chi connectivity index (χ2v) is 6.81. The lowest BCUT2D eigenvalue weighted by atomic mass is 10.1. The van der Waals surface area contributed by atoms with E-state index in [0.29, 0.717) is 10.8 Å². The van der Waals surface area contributed by atoms with Gasteiger partial charge in [-0.2, -0.15) is 0 Å². The van der Waals surface area contributed by atoms with Crippen LogP contribution in [0.1, 0.15) is 39.7 Å². The average Bonchev–Trinajstić information content (AvgIpc) is 3.13. The molecular weight excluding hydrogens is 326 g/mol. The van der Waals surface area contributed by atoms with E-state index in [1.165, 1.54) is 11.3 Å². The summed E-state index contributed by atoms with van der Waals surface area (Å²) in [6.45, 7) is 1.91. The van der Waals surface area contributed by atoms with E-state index in [1.54, 1.807) is 6.07 Å². The standard InChI is InChI=1S/C18H19NO4S/c1-2-11-5-3-6-12(9-11)23-10-15(20)19-17-16(18(21)22)13-7-4-8-14(13)24-17/h3,5-6,9H,2,4,7-8,10H2,1H3,(H,19,20)(H,21,22). The van der Waals surface area contributed by atoms with Crippen LogP contribution < -0.4 is 10.1 Å². The van der Waals surface area contributed by atoms with E-state index in [9.17, 15) is 14.7 Å². The van der Waals surface area contributed by atoms with Crippen LogP contribution >= 0.6 is 11.3 Å². The molecule has 1 aliphatic carbocycles. The van der Waals surface area contributed by atoms with Crippen LogP contribution in [0.4, 0.5) is 5.00 Å². The molecule has 0 saturated heterocycles. The van der Waals surface area contributed by atoms with E-state index >= 15 is 0 Å². The number of fused-ring (bicyclic) bond motifs is 1. The monoisotopic (exact) mass is 345 g/mol. The highest BCUT2D eigenvalue weighted by Gasteiger charge is 2.27. The molecule has 1 aromatic heterocycles. The topological polar surface area (TPSA) is 75.6 Å². The third-order valence-electron chi connectivity index (χ3n) is 4.06. The average molecular weight is 345 g/mol. The van der Waals surface area contributed by atoms with Gasteiger partial charge in [0.2, 0.25) is 0 Å². The van der Waals surface area contributed by atoms with E-state index < -0.39 is 5.97 Å². The highest BCUT2D eigenvalue weighted by atomic mass is 32.1. The maximum atomic E-state index is 12.1. The Morgan fingerprint density at radius 1 is 1.33 bits per heavy atom. The van der Waals surface area contributed by atoms with Gasteiger partial charge in [0.05, 0.1) is 5.56 Å². The maximum absolute atomic E-state index is 12.1. The molecule has 2 aromatic rings. The van der Waals surface area contributed by atoms with Crippen molar-refractivity contribution >= 4 is 28.2 Å². The Bertz CT molecular complexity index is 781. The first kappa shape index (κ1) is 16.5. The lowest BCUT2D eigenvalue weighted by Crippen LogP contribution is -2.21. The Morgan fingerprint density at radius 3 is 2.92 bits per heavy atom. The molecule has 0 spiro atoms. The van der Waals surface area contributed by atoms with Gasteiger partial charge in [0.25, 0.3) is 5.91 Å². The van der Waals surface area contributed by atoms with Crippen LogP contribution in [-0.2, 0) is 24.1 Å². The molecule has 0 bridgehead atoms. The fraction of sp³-hybridized carbons (Fsp3) is 0.333. The molecule has 0 atom stereocenters. The van der Waals surface area contributed by atoms with Crippen molar-refractivity contribution in [3.05, 3.63) is 45.8 Å². The minimum absolute atomic E-state index is 0.144. The number of carboxylic acid groups (broad SMARTS) is 1. The number of aromatic carboxylic acids is 1. The Morgan fingerprint density at radius 2 is 2.17 bits per heavy atom. The van der Waals surface area contributed by atoms with Gasteiger partial charge in [0.1, 0.15) is 10.8 Å². The van der Waals surface area contributed by atoms with Crippen molar-refractivity contribution in [1.29, 1.82) is 0 Å². The lowest BCUT2D eigenvalue weighted by Gasteiger charge is -2.08. The Hall–Kier alpha value is -2.34. The largest absolute Gasteiger partial charge is 0.484 e. The van der Waals surface area contributed by atoms with Gasteiger partial charge < -0.3 is 15.2 Å². The predicted octanol–water partition coefficient (Wildman–Crippen LogP) is 3.51. The van der Waals surface area contributed by atoms with Crippen LogP contribution in [0.2, 0.25) is 0 Å². The molecular formula is C18H19NO4S. The third kappa shape index (κ3) is 3.43. The molecule has 0 aliphatic heterocycles. The van der Waals surface area contributed by atoms with Gasteiger partial charge in [0.15, 0.2) is 6.61 Å². The van der Waals surface area contributed by atoms with Gasteiger partial charge in [-0.15, -0.1) is 11.3 Å². The van der Waals surface area contributed by atoms with Gasteiger partial charge in [-0.3, -0.25) is 4.79 Å². The summed E-state index contributed by atoms with van der Waals surface area (Å²) in [5.41, 5.74) is 2.25. The van der Waals surface area contributed by atoms with Gasteiger partial charge in [-0.05, 0) is 48.9 Å². The number of hydrogen-bond donors (Lipinski definition) is 2. The molecule has 1 aliphatic rings. The first-order valence-corrected chi connectivity index (χ1v) is 8.79. The summed E-state index contributed by atoms with van der Waals surface area (Å²) in [5.74, 6) is -0.697. The molecule has 2 N–H and O–H groups in total. The lowest BCUT2D eigenvalue weighted by molar-refractivity contribution is -0.118. The van der Waals surface area contributed by atoms with Crippen LogP contribution in [0.5, 0.6) is 5.75 Å². The van der Waals surface area contributed by atoms with Gasteiger partial charge in [0, 0.05) is 4.88 Å². The smallest absolute Gasteiger partial charge is 0.339 e. The summed E-state index contributed by atoms with van der Waals surface area (Å²) in [5, 5.41) is 12.5. The Labute approximate surface area is 144 Å². The molecule has 6 heteroatoms. The minimum Gasteiger partial charge on any atom is -0.484 e. The number of carbonyl (C=O) groups is 2. The molecule has 0 unspecified atom stereocenters. The van der Waals surface area contributed by atoms with Crippen LogP contribution in [0.25, 0.3) is 0 Å². The van der Waals surface area contributed by atoms with Crippen LogP contribution in [0, 0.1) is 0 Å². The second kappa shape index (κ2) is 7.05. The summed E-state index contributed by atoms with van der Waals surface area (Å²) >= 11 is 1.36. The van der Waals surface area contributed by atoms with E-state index in [1.807, 2.05) is 18.2 Å². The molecule has 1 aromatic carbocycles. The normalized spacial score (nSPS) is 12.7. The van der Waals surface area contributed by atoms with Crippen LogP contribution in [0.3, 0.4) is 0 Å². The zero-order chi connectivity index (χ0) is 17.1. The first-order chi connectivity index (χ1) is 11.6. The highest BCUT2D eigenvalue weighted by Crippen LogP contribution is 2.39. The van der Waals surface area contributed by atoms with E-state index in [0.717, 1.165) is 41.7 Å². The number of benzene rings is 1. The van der Waals surface area contributed by atoms with Gasteiger partial charge in [-0.1, -0.05) is 19.1 Å². The molecule has 3 rings (SSSR count). The summed E-state index contributed by atoms with van der Waals surface area (Å²) < 4.78 is 5.51. The van der Waals surface area contributed by atoms with Gasteiger partial charge >= 0.3 is 5.97 Å². The van der Waals surface area contributed by atoms with E-state index in [2.05, 4.69) is 12.2 Å². The maximum Gasteiger partial charge on any atom is 0.339 e. The van der Waals surface area contributed by atoms with Crippen molar-refractivity contribution in [1.82, 2.24) is 0 Å². The molecule has 5 nitrogen and oxygen atoms in total. The summed E-state index contributed by atoms with van der Waals surface area (Å²) in [7, 11) is 0. The number of rotatable bonds is 6. The third-order valence-corrected chi connectivity index (χ3v) is 5.27. The Balaban J connectivity index is 1.66. The molecule has 1 amide bonds. The SMILES string of the molecule is CCc1cccc(OCC(=O)Nc2sc3c(c2C(=O)O)CCC3)c1. The minimum atomic E-state index is -0.985. The van der Waals surface area contributed by atoms with Crippen molar-refractivity contribution in [2.24, 2.45) is 0 Å². The molecule has 1 heterocycles. The van der Waals surface area contributed by atoms with Crippen LogP contribution in [0.15, 0.2) is 24.3 Å². The molecule has 24 heavy (non-hydrogen) atoms. The summed E-state index contributed by atoms with van der Waals surface area (Å²) in [6.07, 6.45) is 3.53.